The molecule has 0 N–H and O–H groups in total. The molecule has 2 rings (SSSR count). The standard InChI is InChI=1S/C17H22N2O4/c1-11(2)17(20)19(3)10-12-8-16(23-18-12)14-7-6-13(21-4)9-15(14)22-5/h6-9,11H,10H2,1-5H3. The third-order valence-electron chi connectivity index (χ3n) is 3.50. The summed E-state index contributed by atoms with van der Waals surface area (Å²) in [7, 11) is 4.94. The van der Waals surface area contributed by atoms with Gasteiger partial charge in [0.1, 0.15) is 17.2 Å². The molecular formula is C17H22N2O4. The highest BCUT2D eigenvalue weighted by Gasteiger charge is 2.17. The highest BCUT2D eigenvalue weighted by atomic mass is 16.5. The number of hydrogen-bond donors (Lipinski definition) is 0. The largest absolute Gasteiger partial charge is 0.497 e. The van der Waals surface area contributed by atoms with Crippen LogP contribution in [0.1, 0.15) is 19.5 Å². The maximum atomic E-state index is 11.9. The molecule has 0 aliphatic rings. The Labute approximate surface area is 136 Å². The molecule has 0 unspecified atom stereocenters. The van der Waals surface area contributed by atoms with Crippen molar-refractivity contribution in [2.75, 3.05) is 21.3 Å². The summed E-state index contributed by atoms with van der Waals surface area (Å²) in [6.07, 6.45) is 0. The predicted octanol–water partition coefficient (Wildman–Crippen LogP) is 2.97. The van der Waals surface area contributed by atoms with Crippen LogP contribution in [0.5, 0.6) is 11.5 Å². The van der Waals surface area contributed by atoms with Crippen molar-refractivity contribution < 1.29 is 18.8 Å². The maximum absolute atomic E-state index is 11.9. The van der Waals surface area contributed by atoms with Gasteiger partial charge in [0.05, 0.1) is 26.3 Å². The second kappa shape index (κ2) is 7.17. The molecule has 0 spiro atoms. The van der Waals surface area contributed by atoms with E-state index in [-0.39, 0.29) is 11.8 Å². The van der Waals surface area contributed by atoms with Crippen LogP contribution in [0.2, 0.25) is 0 Å². The summed E-state index contributed by atoms with van der Waals surface area (Å²) in [5.74, 6) is 1.95. The number of hydrogen-bond acceptors (Lipinski definition) is 5. The number of carbonyl (C=O) groups is 1. The van der Waals surface area contributed by atoms with Crippen molar-refractivity contribution in [1.29, 1.82) is 0 Å². The Hall–Kier alpha value is -2.50. The number of aromatic nitrogens is 1. The Balaban J connectivity index is 2.21. The van der Waals surface area contributed by atoms with Crippen LogP contribution in [-0.2, 0) is 11.3 Å². The number of ether oxygens (including phenoxy) is 2. The van der Waals surface area contributed by atoms with Crippen LogP contribution in [0, 0.1) is 5.92 Å². The van der Waals surface area contributed by atoms with Crippen LogP contribution >= 0.6 is 0 Å². The molecule has 6 heteroatoms. The van der Waals surface area contributed by atoms with E-state index in [1.165, 1.54) is 0 Å². The second-order valence-electron chi connectivity index (χ2n) is 5.60. The summed E-state index contributed by atoms with van der Waals surface area (Å²) in [6.45, 7) is 4.14. The Morgan fingerprint density at radius 1 is 1.26 bits per heavy atom. The van der Waals surface area contributed by atoms with Gasteiger partial charge in [-0.1, -0.05) is 19.0 Å². The van der Waals surface area contributed by atoms with Crippen LogP contribution in [0.3, 0.4) is 0 Å². The molecular weight excluding hydrogens is 296 g/mol. The third kappa shape index (κ3) is 3.83. The van der Waals surface area contributed by atoms with Gasteiger partial charge in [-0.05, 0) is 12.1 Å². The lowest BCUT2D eigenvalue weighted by Crippen LogP contribution is -2.30. The molecule has 0 aliphatic carbocycles. The topological polar surface area (TPSA) is 64.8 Å². The first-order valence-electron chi connectivity index (χ1n) is 7.39. The van der Waals surface area contributed by atoms with Gasteiger partial charge in [0, 0.05) is 25.1 Å². The SMILES string of the molecule is COc1ccc(-c2cc(CN(C)C(=O)C(C)C)no2)c(OC)c1. The lowest BCUT2D eigenvalue weighted by molar-refractivity contribution is -0.133. The molecule has 1 amide bonds. The molecule has 0 saturated carbocycles. The molecule has 1 aromatic heterocycles. The average molecular weight is 318 g/mol. The Bertz CT molecular complexity index is 679. The van der Waals surface area contributed by atoms with E-state index in [2.05, 4.69) is 5.16 Å². The van der Waals surface area contributed by atoms with Crippen LogP contribution in [0.4, 0.5) is 0 Å². The lowest BCUT2D eigenvalue weighted by atomic mass is 10.1. The van der Waals surface area contributed by atoms with Gasteiger partial charge in [0.25, 0.3) is 0 Å². The molecule has 23 heavy (non-hydrogen) atoms. The number of amides is 1. The minimum absolute atomic E-state index is 0.0481. The number of carbonyl (C=O) groups excluding carboxylic acids is 1. The molecule has 1 heterocycles. The Morgan fingerprint density at radius 2 is 2.00 bits per heavy atom. The quantitative estimate of drug-likeness (QED) is 0.819. The Kier molecular flexibility index (Phi) is 5.26. The smallest absolute Gasteiger partial charge is 0.225 e. The van der Waals surface area contributed by atoms with Crippen molar-refractivity contribution >= 4 is 5.91 Å². The summed E-state index contributed by atoms with van der Waals surface area (Å²) in [5, 5.41) is 4.04. The van der Waals surface area contributed by atoms with E-state index in [0.29, 0.717) is 29.5 Å². The first kappa shape index (κ1) is 16.9. The number of benzene rings is 1. The molecule has 0 fully saturated rings. The minimum atomic E-state index is -0.0481. The normalized spacial score (nSPS) is 10.7. The van der Waals surface area contributed by atoms with Gasteiger partial charge in [-0.25, -0.2) is 0 Å². The van der Waals surface area contributed by atoms with E-state index in [1.807, 2.05) is 32.0 Å². The average Bonchev–Trinajstić information content (AvgIpc) is 3.01. The van der Waals surface area contributed by atoms with E-state index in [4.69, 9.17) is 14.0 Å². The molecule has 6 nitrogen and oxygen atoms in total. The van der Waals surface area contributed by atoms with E-state index < -0.39 is 0 Å². The zero-order chi connectivity index (χ0) is 17.0. The molecule has 0 aliphatic heterocycles. The van der Waals surface area contributed by atoms with Gasteiger partial charge < -0.3 is 18.9 Å². The summed E-state index contributed by atoms with van der Waals surface area (Å²) in [5.41, 5.74) is 1.47. The van der Waals surface area contributed by atoms with Gasteiger partial charge in [-0.15, -0.1) is 0 Å². The predicted molar refractivity (Wildman–Crippen MR) is 86.4 cm³/mol. The van der Waals surface area contributed by atoms with Gasteiger partial charge in [0.2, 0.25) is 5.91 Å². The molecule has 0 saturated heterocycles. The van der Waals surface area contributed by atoms with Crippen molar-refractivity contribution in [1.82, 2.24) is 10.1 Å². The fourth-order valence-corrected chi connectivity index (χ4v) is 2.28. The number of nitrogens with zero attached hydrogens (tertiary/aromatic N) is 2. The molecule has 2 aromatic rings. The van der Waals surface area contributed by atoms with Gasteiger partial charge in [0.15, 0.2) is 5.76 Å². The number of rotatable bonds is 6. The van der Waals surface area contributed by atoms with E-state index >= 15 is 0 Å². The fourth-order valence-electron chi connectivity index (χ4n) is 2.28. The highest BCUT2D eigenvalue weighted by molar-refractivity contribution is 5.77. The second-order valence-corrected chi connectivity index (χ2v) is 5.60. The summed E-state index contributed by atoms with van der Waals surface area (Å²) >= 11 is 0. The van der Waals surface area contributed by atoms with Crippen LogP contribution in [0.15, 0.2) is 28.8 Å². The van der Waals surface area contributed by atoms with Crippen molar-refractivity contribution in [3.8, 4) is 22.8 Å². The van der Waals surface area contributed by atoms with Crippen LogP contribution < -0.4 is 9.47 Å². The minimum Gasteiger partial charge on any atom is -0.497 e. The maximum Gasteiger partial charge on any atom is 0.225 e. The summed E-state index contributed by atoms with van der Waals surface area (Å²) in [4.78, 5) is 13.6. The zero-order valence-electron chi connectivity index (χ0n) is 14.1. The monoisotopic (exact) mass is 318 g/mol. The Morgan fingerprint density at radius 3 is 2.61 bits per heavy atom. The zero-order valence-corrected chi connectivity index (χ0v) is 14.1. The first-order valence-corrected chi connectivity index (χ1v) is 7.39. The van der Waals surface area contributed by atoms with E-state index in [0.717, 1.165) is 5.56 Å². The van der Waals surface area contributed by atoms with Gasteiger partial charge in [-0.2, -0.15) is 0 Å². The molecule has 1 aromatic carbocycles. The van der Waals surface area contributed by atoms with Crippen LogP contribution in [0.25, 0.3) is 11.3 Å². The molecule has 0 bridgehead atoms. The summed E-state index contributed by atoms with van der Waals surface area (Å²) < 4.78 is 16.0. The van der Waals surface area contributed by atoms with E-state index in [1.54, 1.807) is 32.2 Å². The van der Waals surface area contributed by atoms with Crippen molar-refractivity contribution in [3.63, 3.8) is 0 Å². The molecule has 0 radical (unpaired) electrons. The van der Waals surface area contributed by atoms with E-state index in [9.17, 15) is 4.79 Å². The van der Waals surface area contributed by atoms with Crippen LogP contribution in [-0.4, -0.2) is 37.2 Å². The number of methoxy groups -OCH3 is 2. The highest BCUT2D eigenvalue weighted by Crippen LogP contribution is 2.33. The lowest BCUT2D eigenvalue weighted by Gasteiger charge is -2.17. The first-order chi connectivity index (χ1) is 11.0. The fraction of sp³-hybridized carbons (Fsp3) is 0.412. The van der Waals surface area contributed by atoms with Gasteiger partial charge in [-0.3, -0.25) is 4.79 Å². The molecule has 124 valence electrons. The summed E-state index contributed by atoms with van der Waals surface area (Å²) in [6, 6.07) is 7.28. The van der Waals surface area contributed by atoms with Crippen molar-refractivity contribution in [2.45, 2.75) is 20.4 Å². The third-order valence-corrected chi connectivity index (χ3v) is 3.50. The van der Waals surface area contributed by atoms with Crippen molar-refractivity contribution in [3.05, 3.63) is 30.0 Å². The van der Waals surface area contributed by atoms with Gasteiger partial charge >= 0.3 is 0 Å². The molecule has 0 atom stereocenters. The van der Waals surface area contributed by atoms with Crippen molar-refractivity contribution in [2.24, 2.45) is 5.92 Å².